The minimum atomic E-state index is -1.16. The second-order valence-electron chi connectivity index (χ2n) is 19.3. The molecule has 0 saturated carbocycles. The number of imide groups is 1. The number of hydrogen-bond donors (Lipinski definition) is 4. The molecule has 75 heavy (non-hydrogen) atoms. The fraction of sp³-hybridized carbons (Fsp3) is 0.547. The first kappa shape index (κ1) is 59.9. The summed E-state index contributed by atoms with van der Waals surface area (Å²) < 4.78 is 6.66. The minimum absolute atomic E-state index is 0.000995. The van der Waals surface area contributed by atoms with E-state index < -0.39 is 59.7 Å². The third-order valence-electron chi connectivity index (χ3n) is 13.3. The first-order chi connectivity index (χ1) is 35.9. The number of thioether (sulfide) groups is 1. The Balaban J connectivity index is 1.30. The van der Waals surface area contributed by atoms with Gasteiger partial charge in [-0.3, -0.25) is 48.1 Å². The van der Waals surface area contributed by atoms with Gasteiger partial charge in [0.1, 0.15) is 28.8 Å². The van der Waals surface area contributed by atoms with Crippen LogP contribution in [0.3, 0.4) is 0 Å². The van der Waals surface area contributed by atoms with Crippen molar-refractivity contribution < 1.29 is 47.9 Å². The van der Waals surface area contributed by atoms with Crippen LogP contribution in [0.2, 0.25) is 0 Å². The van der Waals surface area contributed by atoms with E-state index in [1.807, 2.05) is 75.5 Å². The van der Waals surface area contributed by atoms with Gasteiger partial charge in [-0.05, 0) is 61.1 Å². The standard InChI is InChI=1S/C53H73N9O10S3/c1-7-35(4)29-47(67)59(6)42(34(2)3)31-43(72-36(5)63)52-58-41(33-75-52)51(70)57-40(32-74-48-19-14-28-73-48)50(69)55-38(17-11-12-22-54)49(68)56-39(30-37-15-9-8-10-16-37)53(71)61-26-24-60(25-27-61)44(64)18-13-23-62-45(65)20-21-46(62)66/h8-10,14-16,19-21,28,33-35,38-40,42-43H,7,11-13,17-18,22-27,29-32,54H2,1-6H3,(H,55,69)(H,56,68)(H,57,70)/t35-,38+,39-,40-,42?,43+/m0/s1. The van der Waals surface area contributed by atoms with E-state index in [0.29, 0.717) is 37.2 Å². The number of esters is 1. The number of nitrogens with two attached hydrogens (primary N) is 1. The topological polar surface area (TPSA) is 251 Å². The number of nitrogens with zero attached hydrogens (tertiary/aromatic N) is 5. The molecule has 19 nitrogen and oxygen atoms in total. The molecule has 408 valence electrons. The number of nitrogens with one attached hydrogen (secondary N) is 3. The second kappa shape index (κ2) is 29.9. The number of hydrogen-bond acceptors (Lipinski definition) is 15. The van der Waals surface area contributed by atoms with Crippen LogP contribution >= 0.6 is 34.4 Å². The Bertz CT molecular complexity index is 2430. The van der Waals surface area contributed by atoms with E-state index in [4.69, 9.17) is 10.5 Å². The average molecular weight is 1090 g/mol. The summed E-state index contributed by atoms with van der Waals surface area (Å²) in [7, 11) is 1.75. The largest absolute Gasteiger partial charge is 0.455 e. The van der Waals surface area contributed by atoms with Gasteiger partial charge in [0.15, 0.2) is 6.10 Å². The van der Waals surface area contributed by atoms with E-state index in [1.54, 1.807) is 21.7 Å². The summed E-state index contributed by atoms with van der Waals surface area (Å²) in [5.41, 5.74) is 6.63. The zero-order valence-corrected chi connectivity index (χ0v) is 46.3. The molecule has 2 aliphatic heterocycles. The maximum Gasteiger partial charge on any atom is 0.303 e. The average Bonchev–Trinajstić information content (AvgIpc) is 4.18. The quantitative estimate of drug-likeness (QED) is 0.0318. The lowest BCUT2D eigenvalue weighted by Crippen LogP contribution is -2.59. The van der Waals surface area contributed by atoms with Crippen LogP contribution in [0.25, 0.3) is 0 Å². The number of thiophene rings is 1. The van der Waals surface area contributed by atoms with Gasteiger partial charge in [0.25, 0.3) is 17.7 Å². The van der Waals surface area contributed by atoms with E-state index in [9.17, 15) is 43.2 Å². The molecule has 5 N–H and O–H groups in total. The van der Waals surface area contributed by atoms with Gasteiger partial charge >= 0.3 is 5.97 Å². The van der Waals surface area contributed by atoms with Gasteiger partial charge in [-0.1, -0.05) is 70.5 Å². The molecule has 22 heteroatoms. The van der Waals surface area contributed by atoms with Crippen LogP contribution in [0.15, 0.2) is 69.6 Å². The number of unbranched alkanes of at least 4 members (excludes halogenated alkanes) is 1. The number of piperazine rings is 1. The summed E-state index contributed by atoms with van der Waals surface area (Å²) in [5.74, 6) is -3.51. The highest BCUT2D eigenvalue weighted by Gasteiger charge is 2.35. The predicted octanol–water partition coefficient (Wildman–Crippen LogP) is 4.73. The summed E-state index contributed by atoms with van der Waals surface area (Å²) in [6, 6.07) is 9.33. The highest BCUT2D eigenvalue weighted by Crippen LogP contribution is 2.31. The first-order valence-electron chi connectivity index (χ1n) is 25.7. The molecule has 1 fully saturated rings. The van der Waals surface area contributed by atoms with Crippen molar-refractivity contribution in [3.63, 3.8) is 0 Å². The van der Waals surface area contributed by atoms with Crippen LogP contribution in [-0.4, -0.2) is 154 Å². The van der Waals surface area contributed by atoms with Crippen molar-refractivity contribution in [3.8, 4) is 0 Å². The Kier molecular flexibility index (Phi) is 23.9. The van der Waals surface area contributed by atoms with Crippen molar-refractivity contribution in [2.24, 2.45) is 17.6 Å². The van der Waals surface area contributed by atoms with Crippen LogP contribution in [-0.2, 0) is 49.5 Å². The molecule has 2 aromatic heterocycles. The molecule has 5 rings (SSSR count). The SMILES string of the molecule is CC[C@H](C)CC(=O)N(C)C(C[C@@H](OC(C)=O)c1nc(C(=O)N[C@@H](CSc2cccs2)C(=O)N[C@H](CCCCN)C(=O)N[C@@H](Cc2ccccc2)C(=O)N2CCN(C(=O)CCCN3C(=O)C=CC3=O)CC2)cs1)C(C)C. The Morgan fingerprint density at radius 3 is 2.13 bits per heavy atom. The van der Waals surface area contributed by atoms with Crippen LogP contribution in [0, 0.1) is 11.8 Å². The molecule has 0 aliphatic carbocycles. The highest BCUT2D eigenvalue weighted by molar-refractivity contribution is 8.01. The molecule has 0 radical (unpaired) electrons. The molecular weight excluding hydrogens is 1020 g/mol. The molecule has 1 saturated heterocycles. The zero-order valence-electron chi connectivity index (χ0n) is 43.8. The highest BCUT2D eigenvalue weighted by atomic mass is 32.2. The van der Waals surface area contributed by atoms with Gasteiger partial charge in [-0.15, -0.1) is 34.4 Å². The molecule has 2 aliphatic rings. The van der Waals surface area contributed by atoms with Crippen LogP contribution in [0.4, 0.5) is 0 Å². The van der Waals surface area contributed by atoms with Crippen molar-refractivity contribution in [1.82, 2.24) is 40.5 Å². The summed E-state index contributed by atoms with van der Waals surface area (Å²) in [6.07, 6.45) is 4.80. The van der Waals surface area contributed by atoms with E-state index in [2.05, 4.69) is 20.9 Å². The Hall–Kier alpha value is -5.97. The molecule has 8 amide bonds. The monoisotopic (exact) mass is 1090 g/mol. The van der Waals surface area contributed by atoms with Gasteiger partial charge in [0, 0.05) is 102 Å². The van der Waals surface area contributed by atoms with Gasteiger partial charge in [-0.25, -0.2) is 4.98 Å². The molecule has 6 atom stereocenters. The number of amides is 8. The van der Waals surface area contributed by atoms with Crippen molar-refractivity contribution >= 4 is 87.7 Å². The molecule has 0 bridgehead atoms. The van der Waals surface area contributed by atoms with Gasteiger partial charge < -0.3 is 41.1 Å². The second-order valence-corrected chi connectivity index (χ2v) is 22.4. The normalized spacial score (nSPS) is 16.0. The lowest BCUT2D eigenvalue weighted by molar-refractivity contribution is -0.148. The molecule has 3 aromatic rings. The Morgan fingerprint density at radius 1 is 0.840 bits per heavy atom. The maximum absolute atomic E-state index is 14.5. The molecular formula is C53H73N9O10S3. The Labute approximate surface area is 452 Å². The zero-order chi connectivity index (χ0) is 54.6. The lowest BCUT2D eigenvalue weighted by atomic mass is 9.95. The van der Waals surface area contributed by atoms with Crippen molar-refractivity contribution in [1.29, 1.82) is 0 Å². The third kappa shape index (κ3) is 18.4. The van der Waals surface area contributed by atoms with E-state index in [-0.39, 0.29) is 105 Å². The first-order valence-corrected chi connectivity index (χ1v) is 28.4. The van der Waals surface area contributed by atoms with Crippen molar-refractivity contribution in [3.05, 3.63) is 81.6 Å². The van der Waals surface area contributed by atoms with Gasteiger partial charge in [-0.2, -0.15) is 0 Å². The van der Waals surface area contributed by atoms with E-state index in [0.717, 1.165) is 32.4 Å². The summed E-state index contributed by atoms with van der Waals surface area (Å²) in [6.45, 7) is 10.7. The van der Waals surface area contributed by atoms with Crippen molar-refractivity contribution in [2.45, 2.75) is 127 Å². The van der Waals surface area contributed by atoms with Crippen LogP contribution < -0.4 is 21.7 Å². The summed E-state index contributed by atoms with van der Waals surface area (Å²) in [5, 5.41) is 12.4. The van der Waals surface area contributed by atoms with Crippen LogP contribution in [0.1, 0.15) is 113 Å². The minimum Gasteiger partial charge on any atom is -0.455 e. The smallest absolute Gasteiger partial charge is 0.303 e. The molecule has 1 aromatic carbocycles. The van der Waals surface area contributed by atoms with Crippen molar-refractivity contribution in [2.75, 3.05) is 52.1 Å². The number of ether oxygens (including phenoxy) is 1. The fourth-order valence-corrected chi connectivity index (χ4v) is 11.4. The number of carbonyl (C=O) groups is 9. The summed E-state index contributed by atoms with van der Waals surface area (Å²) in [4.78, 5) is 131. The molecule has 0 spiro atoms. The fourth-order valence-electron chi connectivity index (χ4n) is 8.68. The number of rotatable bonds is 29. The number of benzene rings is 1. The Morgan fingerprint density at radius 2 is 1.51 bits per heavy atom. The number of aromatic nitrogens is 1. The lowest BCUT2D eigenvalue weighted by Gasteiger charge is -2.37. The molecule has 4 heterocycles. The van der Waals surface area contributed by atoms with Crippen LogP contribution in [0.5, 0.6) is 0 Å². The third-order valence-corrected chi connectivity index (χ3v) is 16.4. The van der Waals surface area contributed by atoms with E-state index >= 15 is 0 Å². The van der Waals surface area contributed by atoms with E-state index in [1.165, 1.54) is 47.6 Å². The van der Waals surface area contributed by atoms with Gasteiger partial charge in [0.05, 0.1) is 4.21 Å². The maximum atomic E-state index is 14.5. The van der Waals surface area contributed by atoms with Gasteiger partial charge in [0.2, 0.25) is 29.5 Å². The predicted molar refractivity (Wildman–Crippen MR) is 288 cm³/mol. The molecule has 1 unspecified atom stereocenters. The summed E-state index contributed by atoms with van der Waals surface area (Å²) >= 11 is 3.94. The number of carbonyl (C=O) groups excluding carboxylic acids is 9. The number of thiazole rings is 1.